The number of carboxylic acids is 1. The van der Waals surface area contributed by atoms with Crippen LogP contribution < -0.4 is 0 Å². The summed E-state index contributed by atoms with van der Waals surface area (Å²) in [5.41, 5.74) is 0. The molecular weight excluding hydrogens is 599 g/mol. The third kappa shape index (κ3) is 29.6. The molecule has 0 fully saturated rings. The van der Waals surface area contributed by atoms with E-state index in [9.17, 15) is 14.7 Å². The Morgan fingerprint density at radius 2 is 0.830 bits per heavy atom. The zero-order valence-corrected chi connectivity index (χ0v) is 32.4. The molecule has 0 aliphatic carbocycles. The predicted octanol–water partition coefficient (Wildman–Crippen LogP) is 13.0. The van der Waals surface area contributed by atoms with Crippen molar-refractivity contribution in [1.29, 1.82) is 0 Å². The van der Waals surface area contributed by atoms with Gasteiger partial charge in [-0.25, -0.2) is 0 Å². The van der Waals surface area contributed by atoms with Crippen molar-refractivity contribution in [2.75, 3.05) is 18.8 Å². The smallest absolute Gasteiger partial charge is 0.313 e. The second-order valence-corrected chi connectivity index (χ2v) is 14.4. The summed E-state index contributed by atoms with van der Waals surface area (Å²) in [5.74, 6) is -1.82. The van der Waals surface area contributed by atoms with Gasteiger partial charge in [-0.1, -0.05) is 154 Å². The molecule has 0 rings (SSSR count). The van der Waals surface area contributed by atoms with Gasteiger partial charge in [0.25, 0.3) is 0 Å². The van der Waals surface area contributed by atoms with E-state index in [4.69, 9.17) is 0 Å². The first-order valence-corrected chi connectivity index (χ1v) is 21.0. The summed E-state index contributed by atoms with van der Waals surface area (Å²) < 4.78 is 0. The molecule has 276 valence electrons. The first-order valence-electron chi connectivity index (χ1n) is 20.4. The lowest BCUT2D eigenvalue weighted by Gasteiger charge is -2.31. The number of hydrogen-bond acceptors (Lipinski definition) is 4. The van der Waals surface area contributed by atoms with E-state index in [0.717, 1.165) is 25.9 Å². The van der Waals surface area contributed by atoms with Gasteiger partial charge in [-0.15, -0.1) is 0 Å². The molecule has 1 N–H and O–H groups in total. The Bertz CT molecular complexity index is 710. The lowest BCUT2D eigenvalue weighted by Crippen LogP contribution is -2.47. The Balaban J connectivity index is 4.20. The fourth-order valence-electron chi connectivity index (χ4n) is 6.34. The van der Waals surface area contributed by atoms with Gasteiger partial charge in [-0.3, -0.25) is 14.5 Å². The fourth-order valence-corrected chi connectivity index (χ4v) is 6.75. The first-order chi connectivity index (χ1) is 23.0. The maximum Gasteiger partial charge on any atom is 0.313 e. The molecule has 0 radical (unpaired) electrons. The number of allylic oxidation sites excluding steroid dienone is 4. The first kappa shape index (κ1) is 45.9. The maximum atomic E-state index is 13.0. The topological polar surface area (TPSA) is 57.6 Å². The van der Waals surface area contributed by atoms with Crippen molar-refractivity contribution < 1.29 is 14.7 Å². The molecule has 0 aliphatic rings. The molecule has 0 bridgehead atoms. The standard InChI is InChI=1S/C42H79NO3S/c1-4-6-8-10-12-14-16-18-20-22-24-26-28-30-32-34-36-43(40(38-47)41(44)39(3)42(45)46)37-35-33-31-29-27-25-23-21-19-17-15-13-11-9-7-5-2/h18-21,39-40,47H,4-17,22-38H2,1-3H3,(H,45,46)/t39?,40-/m0/s1. The van der Waals surface area contributed by atoms with Crippen LogP contribution in [0.25, 0.3) is 0 Å². The summed E-state index contributed by atoms with van der Waals surface area (Å²) in [6, 6.07) is -0.407. The minimum atomic E-state index is -1.03. The summed E-state index contributed by atoms with van der Waals surface area (Å²) in [5, 5.41) is 9.46. The maximum absolute atomic E-state index is 13.0. The lowest BCUT2D eigenvalue weighted by atomic mass is 9.99. The lowest BCUT2D eigenvalue weighted by molar-refractivity contribution is -0.147. The van der Waals surface area contributed by atoms with Crippen molar-refractivity contribution >= 4 is 24.4 Å². The molecule has 0 saturated heterocycles. The molecule has 1 unspecified atom stereocenters. The molecular formula is C42H79NO3S. The number of hydrogen-bond donors (Lipinski definition) is 2. The van der Waals surface area contributed by atoms with Gasteiger partial charge in [0.2, 0.25) is 0 Å². The Morgan fingerprint density at radius 1 is 0.532 bits per heavy atom. The molecule has 0 aromatic rings. The van der Waals surface area contributed by atoms with E-state index in [1.54, 1.807) is 0 Å². The normalized spacial score (nSPS) is 13.3. The van der Waals surface area contributed by atoms with Crippen LogP contribution in [0.5, 0.6) is 0 Å². The molecule has 47 heavy (non-hydrogen) atoms. The van der Waals surface area contributed by atoms with E-state index in [2.05, 4.69) is 55.7 Å². The van der Waals surface area contributed by atoms with E-state index in [1.165, 1.54) is 174 Å². The number of nitrogens with zero attached hydrogens (tertiary/aromatic N) is 1. The minimum Gasteiger partial charge on any atom is -0.481 e. The monoisotopic (exact) mass is 678 g/mol. The van der Waals surface area contributed by atoms with Crippen molar-refractivity contribution in [3.8, 4) is 0 Å². The number of thiol groups is 1. The van der Waals surface area contributed by atoms with Crippen molar-refractivity contribution in [3.63, 3.8) is 0 Å². The number of unbranched alkanes of at least 4 members (excludes halogenated alkanes) is 24. The van der Waals surface area contributed by atoms with E-state index in [0.29, 0.717) is 5.75 Å². The van der Waals surface area contributed by atoms with Crippen molar-refractivity contribution in [1.82, 2.24) is 4.90 Å². The quantitative estimate of drug-likeness (QED) is 0.0297. The number of rotatable bonds is 37. The van der Waals surface area contributed by atoms with Gasteiger partial charge in [0.1, 0.15) is 5.92 Å². The van der Waals surface area contributed by atoms with Crippen LogP contribution in [0.2, 0.25) is 0 Å². The number of Topliss-reactive ketones (excluding diaryl/α,β-unsaturated/α-hetero) is 1. The van der Waals surface area contributed by atoms with Crippen LogP contribution in [-0.4, -0.2) is 46.6 Å². The highest BCUT2D eigenvalue weighted by Gasteiger charge is 2.31. The minimum absolute atomic E-state index is 0.193. The number of aliphatic carboxylic acids is 1. The van der Waals surface area contributed by atoms with E-state index in [1.807, 2.05) is 0 Å². The van der Waals surface area contributed by atoms with Gasteiger partial charge in [0.15, 0.2) is 5.78 Å². The molecule has 0 heterocycles. The van der Waals surface area contributed by atoms with Gasteiger partial charge in [0, 0.05) is 5.75 Å². The number of ketones is 1. The van der Waals surface area contributed by atoms with Crippen LogP contribution in [0.4, 0.5) is 0 Å². The van der Waals surface area contributed by atoms with Crippen molar-refractivity contribution in [2.24, 2.45) is 5.92 Å². The van der Waals surface area contributed by atoms with Gasteiger partial charge in [-0.05, 0) is 84.2 Å². The van der Waals surface area contributed by atoms with Crippen LogP contribution in [0.3, 0.4) is 0 Å². The molecule has 0 aliphatic heterocycles. The predicted molar refractivity (Wildman–Crippen MR) is 210 cm³/mol. The van der Waals surface area contributed by atoms with Crippen LogP contribution in [0, 0.1) is 5.92 Å². The Hall–Kier alpha value is -1.07. The summed E-state index contributed by atoms with van der Waals surface area (Å²) in [4.78, 5) is 26.8. The number of carbonyl (C=O) groups is 2. The summed E-state index contributed by atoms with van der Waals surface area (Å²) in [7, 11) is 0. The van der Waals surface area contributed by atoms with Crippen molar-refractivity contribution in [3.05, 3.63) is 24.3 Å². The van der Waals surface area contributed by atoms with Gasteiger partial charge in [0.05, 0.1) is 6.04 Å². The van der Waals surface area contributed by atoms with Crippen LogP contribution in [0.15, 0.2) is 24.3 Å². The van der Waals surface area contributed by atoms with Gasteiger partial charge >= 0.3 is 5.97 Å². The SMILES string of the molecule is CCCCCCCCC=CCCCCCCCCN(CCCCCCCCC=CCCCCCCCC)[C@@H](CS)C(=O)C(C)C(=O)O. The molecule has 2 atom stereocenters. The van der Waals surface area contributed by atoms with Gasteiger partial charge in [-0.2, -0.15) is 12.6 Å². The molecule has 0 spiro atoms. The van der Waals surface area contributed by atoms with Crippen molar-refractivity contribution in [2.45, 2.75) is 207 Å². The van der Waals surface area contributed by atoms with Crippen LogP contribution in [0.1, 0.15) is 201 Å². The Morgan fingerprint density at radius 3 is 1.13 bits per heavy atom. The zero-order valence-electron chi connectivity index (χ0n) is 31.5. The molecule has 0 amide bonds. The molecule has 4 nitrogen and oxygen atoms in total. The van der Waals surface area contributed by atoms with Crippen LogP contribution >= 0.6 is 12.6 Å². The summed E-state index contributed by atoms with van der Waals surface area (Å²) in [6.07, 6.45) is 45.4. The number of carboxylic acid groups (broad SMARTS) is 1. The Kier molecular flexibility index (Phi) is 35.4. The summed E-state index contributed by atoms with van der Waals surface area (Å²) in [6.45, 7) is 7.78. The second-order valence-electron chi connectivity index (χ2n) is 14.1. The fraction of sp³-hybridized carbons (Fsp3) is 0.857. The van der Waals surface area contributed by atoms with Gasteiger partial charge < -0.3 is 5.11 Å². The summed E-state index contributed by atoms with van der Waals surface area (Å²) >= 11 is 4.50. The number of carbonyl (C=O) groups excluding carboxylic acids is 1. The molecule has 0 aromatic heterocycles. The molecule has 5 heteroatoms. The third-order valence-electron chi connectivity index (χ3n) is 9.65. The highest BCUT2D eigenvalue weighted by molar-refractivity contribution is 7.80. The van der Waals surface area contributed by atoms with E-state index in [-0.39, 0.29) is 5.78 Å². The average Bonchev–Trinajstić information content (AvgIpc) is 3.07. The highest BCUT2D eigenvalue weighted by atomic mass is 32.1. The zero-order chi connectivity index (χ0) is 34.6. The average molecular weight is 678 g/mol. The third-order valence-corrected chi connectivity index (χ3v) is 10.00. The molecule has 0 saturated carbocycles. The second kappa shape index (κ2) is 36.2. The highest BCUT2D eigenvalue weighted by Crippen LogP contribution is 2.17. The van der Waals surface area contributed by atoms with E-state index < -0.39 is 17.9 Å². The Labute approximate surface area is 298 Å². The largest absolute Gasteiger partial charge is 0.481 e. The van der Waals surface area contributed by atoms with Crippen LogP contribution in [-0.2, 0) is 9.59 Å². The molecule has 0 aromatic carbocycles. The van der Waals surface area contributed by atoms with E-state index >= 15 is 0 Å².